The molecule has 1 atom stereocenters. The van der Waals surface area contributed by atoms with E-state index < -0.39 is 5.60 Å². The molecule has 4 nitrogen and oxygen atoms in total. The van der Waals surface area contributed by atoms with Gasteiger partial charge < -0.3 is 20.3 Å². The fourth-order valence-electron chi connectivity index (χ4n) is 2.31. The second-order valence-corrected chi connectivity index (χ2v) is 4.69. The first kappa shape index (κ1) is 12.2. The van der Waals surface area contributed by atoms with Gasteiger partial charge in [0.1, 0.15) is 0 Å². The summed E-state index contributed by atoms with van der Waals surface area (Å²) in [7, 11) is 1.52. The molecule has 1 saturated heterocycles. The number of ether oxygens (including phenoxy) is 1. The van der Waals surface area contributed by atoms with E-state index in [-0.39, 0.29) is 5.75 Å². The zero-order valence-electron chi connectivity index (χ0n) is 10.1. The first-order valence-electron chi connectivity index (χ1n) is 5.92. The van der Waals surface area contributed by atoms with Gasteiger partial charge in [0, 0.05) is 13.0 Å². The second-order valence-electron chi connectivity index (χ2n) is 4.69. The Labute approximate surface area is 101 Å². The predicted molar refractivity (Wildman–Crippen MR) is 65.4 cm³/mol. The molecule has 0 bridgehead atoms. The molecule has 0 aliphatic carbocycles. The molecule has 1 aromatic rings. The van der Waals surface area contributed by atoms with Gasteiger partial charge in [-0.15, -0.1) is 0 Å². The molecule has 0 radical (unpaired) electrons. The van der Waals surface area contributed by atoms with Crippen molar-refractivity contribution in [3.63, 3.8) is 0 Å². The fraction of sp³-hybridized carbons (Fsp3) is 0.538. The number of hydrogen-bond donors (Lipinski definition) is 3. The van der Waals surface area contributed by atoms with Crippen molar-refractivity contribution in [2.75, 3.05) is 20.2 Å². The van der Waals surface area contributed by atoms with Crippen molar-refractivity contribution in [3.05, 3.63) is 23.8 Å². The molecule has 4 heteroatoms. The Morgan fingerprint density at radius 3 is 2.94 bits per heavy atom. The van der Waals surface area contributed by atoms with Gasteiger partial charge in [-0.3, -0.25) is 0 Å². The van der Waals surface area contributed by atoms with Crippen LogP contribution in [-0.4, -0.2) is 36.0 Å². The van der Waals surface area contributed by atoms with E-state index in [0.29, 0.717) is 18.7 Å². The van der Waals surface area contributed by atoms with Crippen molar-refractivity contribution in [2.24, 2.45) is 0 Å². The Kier molecular flexibility index (Phi) is 3.54. The minimum absolute atomic E-state index is 0.130. The summed E-state index contributed by atoms with van der Waals surface area (Å²) in [6.45, 7) is 1.59. The van der Waals surface area contributed by atoms with Crippen molar-refractivity contribution in [1.29, 1.82) is 0 Å². The maximum Gasteiger partial charge on any atom is 0.160 e. The molecular weight excluding hydrogens is 218 g/mol. The quantitative estimate of drug-likeness (QED) is 0.735. The topological polar surface area (TPSA) is 61.7 Å². The van der Waals surface area contributed by atoms with Crippen LogP contribution in [0.2, 0.25) is 0 Å². The Morgan fingerprint density at radius 2 is 2.29 bits per heavy atom. The van der Waals surface area contributed by atoms with Gasteiger partial charge in [-0.25, -0.2) is 0 Å². The Morgan fingerprint density at radius 1 is 1.47 bits per heavy atom. The van der Waals surface area contributed by atoms with Gasteiger partial charge in [-0.1, -0.05) is 6.07 Å². The standard InChI is InChI=1S/C13H19NO3/c1-17-12-7-10(3-4-11(12)15)8-13(16)5-2-6-14-9-13/h3-4,7,14-16H,2,5-6,8-9H2,1H3. The van der Waals surface area contributed by atoms with Crippen LogP contribution in [0, 0.1) is 0 Å². The predicted octanol–water partition coefficient (Wildman–Crippen LogP) is 1.06. The number of benzene rings is 1. The molecule has 17 heavy (non-hydrogen) atoms. The van der Waals surface area contributed by atoms with Gasteiger partial charge in [-0.2, -0.15) is 0 Å². The SMILES string of the molecule is COc1cc(CC2(O)CCCNC2)ccc1O. The van der Waals surface area contributed by atoms with Crippen LogP contribution < -0.4 is 10.1 Å². The molecular formula is C13H19NO3. The van der Waals surface area contributed by atoms with Crippen molar-refractivity contribution in [1.82, 2.24) is 5.32 Å². The van der Waals surface area contributed by atoms with Crippen molar-refractivity contribution >= 4 is 0 Å². The highest BCUT2D eigenvalue weighted by Crippen LogP contribution is 2.29. The van der Waals surface area contributed by atoms with Gasteiger partial charge in [0.05, 0.1) is 12.7 Å². The molecule has 1 unspecified atom stereocenters. The zero-order chi connectivity index (χ0) is 12.3. The normalized spacial score (nSPS) is 24.6. The minimum Gasteiger partial charge on any atom is -0.504 e. The lowest BCUT2D eigenvalue weighted by Gasteiger charge is -2.32. The average Bonchev–Trinajstić information content (AvgIpc) is 2.32. The second kappa shape index (κ2) is 4.94. The van der Waals surface area contributed by atoms with Crippen molar-refractivity contribution in [2.45, 2.75) is 24.9 Å². The van der Waals surface area contributed by atoms with Crippen LogP contribution in [0.4, 0.5) is 0 Å². The van der Waals surface area contributed by atoms with Crippen LogP contribution >= 0.6 is 0 Å². The van der Waals surface area contributed by atoms with E-state index in [9.17, 15) is 10.2 Å². The summed E-state index contributed by atoms with van der Waals surface area (Å²) >= 11 is 0. The third kappa shape index (κ3) is 2.90. The highest BCUT2D eigenvalue weighted by molar-refractivity contribution is 5.42. The number of piperidine rings is 1. The van der Waals surface area contributed by atoms with E-state index in [0.717, 1.165) is 24.9 Å². The van der Waals surface area contributed by atoms with E-state index in [1.807, 2.05) is 6.07 Å². The minimum atomic E-state index is -0.680. The zero-order valence-corrected chi connectivity index (χ0v) is 10.1. The van der Waals surface area contributed by atoms with E-state index in [1.165, 1.54) is 7.11 Å². The van der Waals surface area contributed by atoms with E-state index in [4.69, 9.17) is 4.74 Å². The molecule has 0 amide bonds. The molecule has 94 valence electrons. The molecule has 1 aliphatic heterocycles. The lowest BCUT2D eigenvalue weighted by molar-refractivity contribution is 0.0169. The molecule has 3 N–H and O–H groups in total. The number of phenolic OH excluding ortho intramolecular Hbond substituents is 1. The Bertz CT molecular complexity index is 386. The highest BCUT2D eigenvalue weighted by Gasteiger charge is 2.29. The van der Waals surface area contributed by atoms with E-state index in [1.54, 1.807) is 12.1 Å². The maximum atomic E-state index is 10.4. The number of phenols is 1. The van der Waals surface area contributed by atoms with E-state index >= 15 is 0 Å². The molecule has 1 aromatic carbocycles. The van der Waals surface area contributed by atoms with Crippen LogP contribution in [-0.2, 0) is 6.42 Å². The van der Waals surface area contributed by atoms with Gasteiger partial charge in [0.25, 0.3) is 0 Å². The Balaban J connectivity index is 2.12. The van der Waals surface area contributed by atoms with Crippen LogP contribution in [0.25, 0.3) is 0 Å². The number of methoxy groups -OCH3 is 1. The summed E-state index contributed by atoms with van der Waals surface area (Å²) in [6, 6.07) is 5.21. The number of rotatable bonds is 3. The summed E-state index contributed by atoms with van der Waals surface area (Å²) in [6.07, 6.45) is 2.38. The third-order valence-corrected chi connectivity index (χ3v) is 3.23. The van der Waals surface area contributed by atoms with Crippen LogP contribution in [0.3, 0.4) is 0 Å². The van der Waals surface area contributed by atoms with Gasteiger partial charge in [-0.05, 0) is 37.1 Å². The number of β-amino-alcohol motifs (C(OH)–C–C–N with tert-alkyl or cyclic N) is 1. The van der Waals surface area contributed by atoms with E-state index in [2.05, 4.69) is 5.32 Å². The van der Waals surface area contributed by atoms with Crippen LogP contribution in [0.15, 0.2) is 18.2 Å². The molecule has 1 fully saturated rings. The van der Waals surface area contributed by atoms with Gasteiger partial charge in [0.2, 0.25) is 0 Å². The summed E-state index contributed by atoms with van der Waals surface area (Å²) in [4.78, 5) is 0. The number of hydrogen-bond acceptors (Lipinski definition) is 4. The molecule has 1 aliphatic rings. The van der Waals surface area contributed by atoms with Crippen molar-refractivity contribution in [3.8, 4) is 11.5 Å². The lowest BCUT2D eigenvalue weighted by atomic mass is 9.87. The summed E-state index contributed by atoms with van der Waals surface area (Å²) in [5, 5.41) is 23.1. The fourth-order valence-corrected chi connectivity index (χ4v) is 2.31. The monoisotopic (exact) mass is 237 g/mol. The molecule has 0 saturated carbocycles. The van der Waals surface area contributed by atoms with Gasteiger partial charge in [0.15, 0.2) is 11.5 Å². The number of aliphatic hydroxyl groups is 1. The van der Waals surface area contributed by atoms with Crippen molar-refractivity contribution < 1.29 is 14.9 Å². The first-order chi connectivity index (χ1) is 8.13. The molecule has 2 rings (SSSR count). The molecule has 0 spiro atoms. The number of nitrogens with one attached hydrogen (secondary N) is 1. The highest BCUT2D eigenvalue weighted by atomic mass is 16.5. The Hall–Kier alpha value is -1.26. The first-order valence-corrected chi connectivity index (χ1v) is 5.92. The number of aromatic hydroxyl groups is 1. The summed E-state index contributed by atoms with van der Waals surface area (Å²) in [5.41, 5.74) is 0.297. The smallest absolute Gasteiger partial charge is 0.160 e. The lowest BCUT2D eigenvalue weighted by Crippen LogP contribution is -2.47. The maximum absolute atomic E-state index is 10.4. The van der Waals surface area contributed by atoms with Gasteiger partial charge >= 0.3 is 0 Å². The third-order valence-electron chi connectivity index (χ3n) is 3.23. The largest absolute Gasteiger partial charge is 0.504 e. The molecule has 1 heterocycles. The summed E-state index contributed by atoms with van der Waals surface area (Å²) < 4.78 is 5.06. The van der Waals surface area contributed by atoms with Crippen LogP contribution in [0.1, 0.15) is 18.4 Å². The summed E-state index contributed by atoms with van der Waals surface area (Å²) in [5.74, 6) is 0.583. The average molecular weight is 237 g/mol. The molecule has 0 aromatic heterocycles. The van der Waals surface area contributed by atoms with Crippen LogP contribution in [0.5, 0.6) is 11.5 Å².